The average Bonchev–Trinajstić information content (AvgIpc) is 3.48. The van der Waals surface area contributed by atoms with Crippen LogP contribution in [0.5, 0.6) is 0 Å². The van der Waals surface area contributed by atoms with E-state index >= 15 is 0 Å². The highest BCUT2D eigenvalue weighted by Crippen LogP contribution is 2.29. The van der Waals surface area contributed by atoms with Crippen LogP contribution in [0.25, 0.3) is 10.6 Å². The number of nitrogens with zero attached hydrogens (tertiary/aromatic N) is 6. The molecule has 0 aromatic carbocycles. The fourth-order valence-electron chi connectivity index (χ4n) is 3.32. The van der Waals surface area contributed by atoms with Crippen LogP contribution in [0.1, 0.15) is 15.4 Å². The molecule has 4 heterocycles. The molecule has 1 aliphatic rings. The summed E-state index contributed by atoms with van der Waals surface area (Å²) in [6, 6.07) is 6.00. The summed E-state index contributed by atoms with van der Waals surface area (Å²) in [6.07, 6.45) is -1.78. The fraction of sp³-hybridized carbons (Fsp3) is 0.350. The lowest BCUT2D eigenvalue weighted by molar-refractivity contribution is -0.141. The second-order valence-corrected chi connectivity index (χ2v) is 8.25. The Bertz CT molecular complexity index is 1150. The number of anilines is 1. The number of alkyl halides is 3. The van der Waals surface area contributed by atoms with Crippen LogP contribution in [0.2, 0.25) is 0 Å². The molecule has 1 aliphatic heterocycles. The van der Waals surface area contributed by atoms with Crippen molar-refractivity contribution in [1.82, 2.24) is 24.6 Å². The molecule has 4 rings (SSSR count). The first-order valence-electron chi connectivity index (χ1n) is 9.89. The van der Waals surface area contributed by atoms with Crippen LogP contribution in [0, 0.1) is 0 Å². The van der Waals surface area contributed by atoms with E-state index in [-0.39, 0.29) is 18.4 Å². The highest BCUT2D eigenvalue weighted by molar-refractivity contribution is 7.17. The first-order chi connectivity index (χ1) is 15.7. The van der Waals surface area contributed by atoms with Crippen molar-refractivity contribution in [3.63, 3.8) is 0 Å². The van der Waals surface area contributed by atoms with E-state index in [4.69, 9.17) is 4.74 Å². The summed E-state index contributed by atoms with van der Waals surface area (Å²) >= 11 is 1.25. The third kappa shape index (κ3) is 5.13. The molecule has 0 atom stereocenters. The van der Waals surface area contributed by atoms with Gasteiger partial charge in [0, 0.05) is 38.6 Å². The molecule has 0 aliphatic carbocycles. The minimum absolute atomic E-state index is 0.00378. The zero-order chi connectivity index (χ0) is 23.6. The first kappa shape index (κ1) is 22.7. The maximum atomic E-state index is 12.9. The van der Waals surface area contributed by atoms with Gasteiger partial charge in [-0.1, -0.05) is 0 Å². The Morgan fingerprint density at radius 2 is 1.88 bits per heavy atom. The first-order valence-corrected chi connectivity index (χ1v) is 10.7. The average molecular weight is 480 g/mol. The van der Waals surface area contributed by atoms with Crippen molar-refractivity contribution in [3.8, 4) is 10.6 Å². The van der Waals surface area contributed by atoms with Gasteiger partial charge < -0.3 is 14.5 Å². The van der Waals surface area contributed by atoms with Crippen molar-refractivity contribution >= 4 is 29.2 Å². The third-order valence-corrected chi connectivity index (χ3v) is 6.12. The molecule has 33 heavy (non-hydrogen) atoms. The summed E-state index contributed by atoms with van der Waals surface area (Å²) in [7, 11) is 1.31. The highest BCUT2D eigenvalue weighted by atomic mass is 32.1. The maximum absolute atomic E-state index is 12.9. The molecule has 1 fully saturated rings. The molecule has 0 radical (unpaired) electrons. The monoisotopic (exact) mass is 480 g/mol. The zero-order valence-corrected chi connectivity index (χ0v) is 18.3. The number of carbonyl (C=O) groups excluding carboxylic acids is 2. The van der Waals surface area contributed by atoms with Crippen LogP contribution in [0.15, 0.2) is 36.7 Å². The normalized spacial score (nSPS) is 14.4. The van der Waals surface area contributed by atoms with Crippen molar-refractivity contribution < 1.29 is 27.5 Å². The summed E-state index contributed by atoms with van der Waals surface area (Å²) in [4.78, 5) is 36.3. The van der Waals surface area contributed by atoms with Crippen LogP contribution < -0.4 is 4.90 Å². The van der Waals surface area contributed by atoms with Gasteiger partial charge in [-0.25, -0.2) is 14.8 Å². The number of carbonyl (C=O) groups is 2. The Balaban J connectivity index is 1.34. The number of hydrogen-bond donors (Lipinski definition) is 0. The molecular weight excluding hydrogens is 461 g/mol. The number of methoxy groups -OCH3 is 1. The molecule has 3 aromatic rings. The number of halogens is 3. The van der Waals surface area contributed by atoms with Crippen molar-refractivity contribution in [1.29, 1.82) is 0 Å². The van der Waals surface area contributed by atoms with E-state index in [9.17, 15) is 22.8 Å². The van der Waals surface area contributed by atoms with E-state index in [1.807, 2.05) is 0 Å². The lowest BCUT2D eigenvalue weighted by Crippen LogP contribution is -2.50. The summed E-state index contributed by atoms with van der Waals surface area (Å²) in [5, 5.41) is 4.40. The van der Waals surface area contributed by atoms with Gasteiger partial charge in [0.1, 0.15) is 22.8 Å². The Morgan fingerprint density at radius 3 is 2.58 bits per heavy atom. The standard InChI is InChI=1S/C20H19F3N6O3S/c1-32-18(31)15-3-2-14(33-15)13-5-7-29(26-13)12-17(30)27-8-10-28(11-9-27)19-24-6-4-16(25-19)20(21,22)23/h2-7H,8-12H2,1H3. The predicted molar refractivity (Wildman–Crippen MR) is 113 cm³/mol. The second-order valence-electron chi connectivity index (χ2n) is 7.16. The van der Waals surface area contributed by atoms with Gasteiger partial charge in [-0.05, 0) is 24.3 Å². The number of piperazine rings is 1. The van der Waals surface area contributed by atoms with Crippen LogP contribution in [-0.4, -0.2) is 69.8 Å². The highest BCUT2D eigenvalue weighted by Gasteiger charge is 2.33. The second kappa shape index (κ2) is 9.17. The number of aromatic nitrogens is 4. The van der Waals surface area contributed by atoms with Gasteiger partial charge in [0.25, 0.3) is 0 Å². The molecule has 0 bridgehead atoms. The number of amides is 1. The topological polar surface area (TPSA) is 93.5 Å². The number of thiophene rings is 1. The minimum atomic E-state index is -4.54. The van der Waals surface area contributed by atoms with Crippen LogP contribution in [0.3, 0.4) is 0 Å². The van der Waals surface area contributed by atoms with E-state index in [1.54, 1.807) is 34.2 Å². The lowest BCUT2D eigenvalue weighted by atomic mass is 10.3. The van der Waals surface area contributed by atoms with Gasteiger partial charge in [0.2, 0.25) is 11.9 Å². The minimum Gasteiger partial charge on any atom is -0.465 e. The van der Waals surface area contributed by atoms with Crippen LogP contribution in [-0.2, 0) is 22.3 Å². The maximum Gasteiger partial charge on any atom is 0.433 e. The van der Waals surface area contributed by atoms with E-state index in [0.29, 0.717) is 36.8 Å². The van der Waals surface area contributed by atoms with E-state index < -0.39 is 17.8 Å². The summed E-state index contributed by atoms with van der Waals surface area (Å²) in [5.41, 5.74) is -0.362. The lowest BCUT2D eigenvalue weighted by Gasteiger charge is -2.34. The van der Waals surface area contributed by atoms with Gasteiger partial charge in [-0.15, -0.1) is 11.3 Å². The number of rotatable bonds is 5. The van der Waals surface area contributed by atoms with Crippen molar-refractivity contribution in [3.05, 3.63) is 47.2 Å². The Morgan fingerprint density at radius 1 is 1.12 bits per heavy atom. The summed E-state index contributed by atoms with van der Waals surface area (Å²) in [5.74, 6) is -0.581. The molecule has 3 aromatic heterocycles. The van der Waals surface area contributed by atoms with Gasteiger partial charge in [-0.2, -0.15) is 18.3 Å². The summed E-state index contributed by atoms with van der Waals surface area (Å²) in [6.45, 7) is 1.33. The number of esters is 1. The predicted octanol–water partition coefficient (Wildman–Crippen LogP) is 2.56. The van der Waals surface area contributed by atoms with Crippen molar-refractivity contribution in [2.75, 3.05) is 38.2 Å². The van der Waals surface area contributed by atoms with Gasteiger partial charge in [0.15, 0.2) is 0 Å². The molecule has 1 amide bonds. The van der Waals surface area contributed by atoms with E-state index in [2.05, 4.69) is 15.1 Å². The molecular formula is C20H19F3N6O3S. The van der Waals surface area contributed by atoms with Gasteiger partial charge in [0.05, 0.1) is 12.0 Å². The van der Waals surface area contributed by atoms with Crippen molar-refractivity contribution in [2.24, 2.45) is 0 Å². The fourth-order valence-corrected chi connectivity index (χ4v) is 4.21. The Hall–Kier alpha value is -3.48. The quantitative estimate of drug-likeness (QED) is 0.518. The molecule has 1 saturated heterocycles. The SMILES string of the molecule is COC(=O)c1ccc(-c2ccn(CC(=O)N3CCN(c4nccc(C(F)(F)F)n4)CC3)n2)s1. The van der Waals surface area contributed by atoms with Crippen molar-refractivity contribution in [2.45, 2.75) is 12.7 Å². The summed E-state index contributed by atoms with van der Waals surface area (Å²) < 4.78 is 44.9. The molecule has 0 unspecified atom stereocenters. The Labute approximate surface area is 190 Å². The molecule has 0 spiro atoms. The largest absolute Gasteiger partial charge is 0.465 e. The van der Waals surface area contributed by atoms with Crippen LogP contribution >= 0.6 is 11.3 Å². The molecule has 9 nitrogen and oxygen atoms in total. The van der Waals surface area contributed by atoms with E-state index in [1.165, 1.54) is 23.1 Å². The molecule has 0 N–H and O–H groups in total. The third-order valence-electron chi connectivity index (χ3n) is 5.03. The van der Waals surface area contributed by atoms with Gasteiger partial charge in [-0.3, -0.25) is 9.48 Å². The molecule has 174 valence electrons. The van der Waals surface area contributed by atoms with Gasteiger partial charge >= 0.3 is 12.1 Å². The smallest absolute Gasteiger partial charge is 0.433 e. The van der Waals surface area contributed by atoms with E-state index in [0.717, 1.165) is 17.1 Å². The van der Waals surface area contributed by atoms with Crippen LogP contribution in [0.4, 0.5) is 19.1 Å². The number of hydrogen-bond acceptors (Lipinski definition) is 8. The Kier molecular flexibility index (Phi) is 6.31. The zero-order valence-electron chi connectivity index (χ0n) is 17.4. The molecule has 0 saturated carbocycles. The number of ether oxygens (including phenoxy) is 1. The molecule has 13 heteroatoms.